The van der Waals surface area contributed by atoms with Crippen LogP contribution >= 0.6 is 0 Å². The summed E-state index contributed by atoms with van der Waals surface area (Å²) in [6.07, 6.45) is 1.13. The van der Waals surface area contributed by atoms with E-state index in [4.69, 9.17) is 5.73 Å². The summed E-state index contributed by atoms with van der Waals surface area (Å²) < 4.78 is 31.2. The van der Waals surface area contributed by atoms with Crippen molar-refractivity contribution >= 4 is 15.7 Å². The molecule has 19 heavy (non-hydrogen) atoms. The van der Waals surface area contributed by atoms with Crippen molar-refractivity contribution in [2.24, 2.45) is 0 Å². The van der Waals surface area contributed by atoms with Crippen LogP contribution in [0.25, 0.3) is 0 Å². The first-order chi connectivity index (χ1) is 8.90. The van der Waals surface area contributed by atoms with Crippen LogP contribution in [0.2, 0.25) is 0 Å². The molecule has 2 aromatic rings. The van der Waals surface area contributed by atoms with E-state index < -0.39 is 10.0 Å². The van der Waals surface area contributed by atoms with Crippen LogP contribution in [0.1, 0.15) is 17.0 Å². The van der Waals surface area contributed by atoms with Gasteiger partial charge in [0.2, 0.25) is 16.4 Å². The van der Waals surface area contributed by atoms with Gasteiger partial charge in [-0.1, -0.05) is 5.16 Å². The number of nitrogens with zero attached hydrogens (tertiary/aromatic N) is 2. The fourth-order valence-electron chi connectivity index (χ4n) is 1.55. The number of rotatable bonds is 4. The number of hydrogen-bond donors (Lipinski definition) is 2. The van der Waals surface area contributed by atoms with E-state index in [1.54, 1.807) is 12.1 Å². The Labute approximate surface area is 110 Å². The lowest BCUT2D eigenvalue weighted by atomic mass is 10.1. The Kier molecular flexibility index (Phi) is 3.54. The summed E-state index contributed by atoms with van der Waals surface area (Å²) in [5, 5.41) is 3.52. The fraction of sp³-hybridized carbons (Fsp3) is 0.273. The normalized spacial score (nSPS) is 11.7. The molecule has 3 N–H and O–H groups in total. The lowest BCUT2D eigenvalue weighted by molar-refractivity contribution is 0.409. The summed E-state index contributed by atoms with van der Waals surface area (Å²) >= 11 is 0. The third kappa shape index (κ3) is 2.91. The van der Waals surface area contributed by atoms with Gasteiger partial charge in [0.25, 0.3) is 0 Å². The number of aryl methyl sites for hydroxylation is 2. The molecule has 0 amide bonds. The molecule has 2 rings (SSSR count). The summed E-state index contributed by atoms with van der Waals surface area (Å²) in [5.41, 5.74) is 7.76. The van der Waals surface area contributed by atoms with Gasteiger partial charge in [0.15, 0.2) is 5.82 Å². The zero-order chi connectivity index (χ0) is 14.0. The molecule has 0 saturated carbocycles. The van der Waals surface area contributed by atoms with Crippen LogP contribution in [0.4, 0.5) is 5.69 Å². The van der Waals surface area contributed by atoms with Crippen LogP contribution in [0.5, 0.6) is 0 Å². The highest BCUT2D eigenvalue weighted by atomic mass is 32.2. The number of nitrogen functional groups attached to an aromatic ring is 1. The number of nitrogens with two attached hydrogens (primary N) is 1. The lowest BCUT2D eigenvalue weighted by Crippen LogP contribution is -2.25. The molecular weight excluding hydrogens is 268 g/mol. The highest BCUT2D eigenvalue weighted by Gasteiger charge is 2.19. The predicted molar refractivity (Wildman–Crippen MR) is 68.7 cm³/mol. The van der Waals surface area contributed by atoms with Crippen molar-refractivity contribution in [1.29, 1.82) is 0 Å². The Hall–Kier alpha value is -1.93. The monoisotopic (exact) mass is 282 g/mol. The summed E-state index contributed by atoms with van der Waals surface area (Å²) in [6.45, 7) is 3.65. The van der Waals surface area contributed by atoms with Gasteiger partial charge >= 0.3 is 0 Å². The van der Waals surface area contributed by atoms with Crippen LogP contribution in [0.15, 0.2) is 27.9 Å². The quantitative estimate of drug-likeness (QED) is 0.800. The minimum atomic E-state index is -3.70. The van der Waals surface area contributed by atoms with Crippen LogP contribution < -0.4 is 10.5 Å². The molecule has 0 fully saturated rings. The first kappa shape index (κ1) is 13.5. The molecule has 7 nitrogen and oxygen atoms in total. The van der Waals surface area contributed by atoms with Crippen molar-refractivity contribution in [2.45, 2.75) is 25.3 Å². The highest BCUT2D eigenvalue weighted by Crippen LogP contribution is 2.22. The van der Waals surface area contributed by atoms with Gasteiger partial charge in [-0.05, 0) is 37.1 Å². The number of nitrogens with one attached hydrogen (secondary N) is 1. The standard InChI is InChI=1S/C11H14N4O3S/c1-7-3-9(12)10(4-8(7)2)19(16,17)14-5-11-13-6-18-15-11/h3-4,6,14H,5,12H2,1-2H3. The second-order valence-electron chi connectivity index (χ2n) is 4.15. The van der Waals surface area contributed by atoms with Gasteiger partial charge in [0.05, 0.1) is 12.2 Å². The minimum Gasteiger partial charge on any atom is -0.398 e. The maximum Gasteiger partial charge on any atom is 0.243 e. The summed E-state index contributed by atoms with van der Waals surface area (Å²) in [5.74, 6) is 0.256. The third-order valence-electron chi connectivity index (χ3n) is 2.74. The molecule has 0 saturated heterocycles. The second kappa shape index (κ2) is 4.98. The van der Waals surface area contributed by atoms with Crippen molar-refractivity contribution in [2.75, 3.05) is 5.73 Å². The largest absolute Gasteiger partial charge is 0.398 e. The Morgan fingerprint density at radius 1 is 1.32 bits per heavy atom. The van der Waals surface area contributed by atoms with Crippen molar-refractivity contribution in [3.8, 4) is 0 Å². The minimum absolute atomic E-state index is 0.0504. The summed E-state index contributed by atoms with van der Waals surface area (Å²) in [4.78, 5) is 3.79. The average Bonchev–Trinajstić information content (AvgIpc) is 2.84. The molecule has 102 valence electrons. The summed E-state index contributed by atoms with van der Waals surface area (Å²) in [6, 6.07) is 3.18. The van der Waals surface area contributed by atoms with Crippen molar-refractivity contribution in [3.05, 3.63) is 35.5 Å². The van der Waals surface area contributed by atoms with Crippen molar-refractivity contribution in [1.82, 2.24) is 14.9 Å². The van der Waals surface area contributed by atoms with Crippen LogP contribution in [0.3, 0.4) is 0 Å². The fourth-order valence-corrected chi connectivity index (χ4v) is 2.73. The van der Waals surface area contributed by atoms with E-state index in [2.05, 4.69) is 19.4 Å². The molecule has 1 aromatic carbocycles. The van der Waals surface area contributed by atoms with E-state index in [1.807, 2.05) is 13.8 Å². The van der Waals surface area contributed by atoms with Gasteiger partial charge in [0, 0.05) is 0 Å². The number of aromatic nitrogens is 2. The van der Waals surface area contributed by atoms with Gasteiger partial charge in [-0.2, -0.15) is 4.98 Å². The molecule has 1 heterocycles. The zero-order valence-corrected chi connectivity index (χ0v) is 11.4. The van der Waals surface area contributed by atoms with E-state index in [0.29, 0.717) is 0 Å². The molecular formula is C11H14N4O3S. The first-order valence-corrected chi connectivity index (χ1v) is 7.00. The Morgan fingerprint density at radius 2 is 2.00 bits per heavy atom. The molecule has 0 spiro atoms. The first-order valence-electron chi connectivity index (χ1n) is 5.52. The second-order valence-corrected chi connectivity index (χ2v) is 5.88. The SMILES string of the molecule is Cc1cc(N)c(S(=O)(=O)NCc2ncon2)cc1C. The number of benzene rings is 1. The van der Waals surface area contributed by atoms with Gasteiger partial charge in [0.1, 0.15) is 4.90 Å². The van der Waals surface area contributed by atoms with Gasteiger partial charge in [-0.3, -0.25) is 0 Å². The molecule has 0 aliphatic heterocycles. The van der Waals surface area contributed by atoms with Gasteiger partial charge in [-0.25, -0.2) is 13.1 Å². The molecule has 0 radical (unpaired) electrons. The number of sulfonamides is 1. The number of anilines is 1. The Bertz CT molecular complexity index is 680. The maximum absolute atomic E-state index is 12.1. The summed E-state index contributed by atoms with van der Waals surface area (Å²) in [7, 11) is -3.70. The smallest absolute Gasteiger partial charge is 0.243 e. The van der Waals surface area contributed by atoms with Gasteiger partial charge in [-0.15, -0.1) is 0 Å². The molecule has 8 heteroatoms. The van der Waals surface area contributed by atoms with Gasteiger partial charge < -0.3 is 10.3 Å². The van der Waals surface area contributed by atoms with E-state index in [0.717, 1.165) is 17.5 Å². The zero-order valence-electron chi connectivity index (χ0n) is 10.5. The molecule has 1 aromatic heterocycles. The van der Waals surface area contributed by atoms with Crippen LogP contribution in [-0.2, 0) is 16.6 Å². The Morgan fingerprint density at radius 3 is 2.63 bits per heavy atom. The molecule has 0 bridgehead atoms. The topological polar surface area (TPSA) is 111 Å². The maximum atomic E-state index is 12.1. The van der Waals surface area contributed by atoms with Crippen molar-refractivity contribution in [3.63, 3.8) is 0 Å². The van der Waals surface area contributed by atoms with Crippen LogP contribution in [-0.4, -0.2) is 18.6 Å². The molecule has 0 aliphatic carbocycles. The number of hydrogen-bond acceptors (Lipinski definition) is 6. The Balaban J connectivity index is 2.27. The average molecular weight is 282 g/mol. The lowest BCUT2D eigenvalue weighted by Gasteiger charge is -2.10. The third-order valence-corrected chi connectivity index (χ3v) is 4.20. The predicted octanol–water partition coefficient (Wildman–Crippen LogP) is 0.747. The van der Waals surface area contributed by atoms with E-state index >= 15 is 0 Å². The molecule has 0 unspecified atom stereocenters. The van der Waals surface area contributed by atoms with Crippen molar-refractivity contribution < 1.29 is 12.9 Å². The van der Waals surface area contributed by atoms with E-state index in [9.17, 15) is 8.42 Å². The highest BCUT2D eigenvalue weighted by molar-refractivity contribution is 7.89. The molecule has 0 aliphatic rings. The van der Waals surface area contributed by atoms with E-state index in [-0.39, 0.29) is 23.0 Å². The molecule has 0 atom stereocenters. The van der Waals surface area contributed by atoms with Crippen LogP contribution in [0, 0.1) is 13.8 Å². The van der Waals surface area contributed by atoms with E-state index in [1.165, 1.54) is 0 Å².